The van der Waals surface area contributed by atoms with Gasteiger partial charge in [0, 0.05) is 31.2 Å². The number of nitrogens with one attached hydrogen (secondary N) is 1. The molecule has 1 aromatic carbocycles. The van der Waals surface area contributed by atoms with Crippen LogP contribution in [0.5, 0.6) is 0 Å². The molecule has 1 saturated heterocycles. The van der Waals surface area contributed by atoms with Crippen LogP contribution in [0.1, 0.15) is 24.4 Å². The van der Waals surface area contributed by atoms with E-state index in [2.05, 4.69) is 22.1 Å². The molecule has 102 valence electrons. The molecule has 0 radical (unpaired) electrons. The SMILES string of the molecule is Cc1cc(Cl)cc2nc(C(C)N3CCNCC3)oc12. The molecule has 5 heteroatoms. The van der Waals surface area contributed by atoms with Gasteiger partial charge in [-0.3, -0.25) is 4.90 Å². The second kappa shape index (κ2) is 5.12. The molecular weight excluding hydrogens is 262 g/mol. The molecule has 0 aliphatic carbocycles. The van der Waals surface area contributed by atoms with Crippen molar-refractivity contribution >= 4 is 22.7 Å². The Bertz CT molecular complexity index is 590. The standard InChI is InChI=1S/C14H18ClN3O/c1-9-7-11(15)8-12-13(9)19-14(17-12)10(2)18-5-3-16-4-6-18/h7-8,10,16H,3-6H2,1-2H3. The van der Waals surface area contributed by atoms with Gasteiger partial charge in [-0.1, -0.05) is 11.6 Å². The van der Waals surface area contributed by atoms with Gasteiger partial charge in [0.1, 0.15) is 5.52 Å². The Morgan fingerprint density at radius 2 is 2.11 bits per heavy atom. The summed E-state index contributed by atoms with van der Waals surface area (Å²) in [5.41, 5.74) is 2.73. The van der Waals surface area contributed by atoms with Crippen LogP contribution < -0.4 is 5.32 Å². The molecular formula is C14H18ClN3O. The average molecular weight is 280 g/mol. The van der Waals surface area contributed by atoms with Gasteiger partial charge in [0.15, 0.2) is 5.58 Å². The van der Waals surface area contributed by atoms with E-state index < -0.39 is 0 Å². The average Bonchev–Trinajstić information content (AvgIpc) is 2.83. The smallest absolute Gasteiger partial charge is 0.212 e. The molecule has 1 atom stereocenters. The van der Waals surface area contributed by atoms with Crippen LogP contribution in [0.25, 0.3) is 11.1 Å². The van der Waals surface area contributed by atoms with Crippen molar-refractivity contribution in [3.8, 4) is 0 Å². The van der Waals surface area contributed by atoms with E-state index in [0.717, 1.165) is 48.7 Å². The maximum Gasteiger partial charge on any atom is 0.212 e. The van der Waals surface area contributed by atoms with Crippen LogP contribution in [0.4, 0.5) is 0 Å². The van der Waals surface area contributed by atoms with E-state index in [1.54, 1.807) is 0 Å². The summed E-state index contributed by atoms with van der Waals surface area (Å²) >= 11 is 6.06. The number of halogens is 1. The lowest BCUT2D eigenvalue weighted by Gasteiger charge is -2.30. The third kappa shape index (κ3) is 2.48. The Labute approximate surface area is 117 Å². The van der Waals surface area contributed by atoms with Crippen LogP contribution in [-0.2, 0) is 0 Å². The normalized spacial score (nSPS) is 18.9. The van der Waals surface area contributed by atoms with Crippen molar-refractivity contribution in [1.29, 1.82) is 0 Å². The molecule has 2 heterocycles. The number of benzene rings is 1. The maximum absolute atomic E-state index is 6.06. The zero-order chi connectivity index (χ0) is 13.4. The lowest BCUT2D eigenvalue weighted by molar-refractivity contribution is 0.164. The highest BCUT2D eigenvalue weighted by Crippen LogP contribution is 2.28. The highest BCUT2D eigenvalue weighted by molar-refractivity contribution is 6.31. The molecule has 3 rings (SSSR count). The maximum atomic E-state index is 6.06. The fourth-order valence-electron chi connectivity index (χ4n) is 2.58. The van der Waals surface area contributed by atoms with Gasteiger partial charge in [0.2, 0.25) is 5.89 Å². The van der Waals surface area contributed by atoms with Gasteiger partial charge >= 0.3 is 0 Å². The highest BCUT2D eigenvalue weighted by Gasteiger charge is 2.22. The van der Waals surface area contributed by atoms with Crippen LogP contribution in [0.2, 0.25) is 5.02 Å². The van der Waals surface area contributed by atoms with E-state index in [0.29, 0.717) is 5.02 Å². The first-order valence-corrected chi connectivity index (χ1v) is 7.04. The summed E-state index contributed by atoms with van der Waals surface area (Å²) in [6.45, 7) is 8.25. The molecule has 1 aliphatic rings. The van der Waals surface area contributed by atoms with Gasteiger partial charge in [-0.15, -0.1) is 0 Å². The minimum atomic E-state index is 0.202. The first-order valence-electron chi connectivity index (χ1n) is 6.66. The molecule has 2 aromatic rings. The molecule has 4 nitrogen and oxygen atoms in total. The van der Waals surface area contributed by atoms with Gasteiger partial charge in [0.25, 0.3) is 0 Å². The summed E-state index contributed by atoms with van der Waals surface area (Å²) < 4.78 is 5.94. The fraction of sp³-hybridized carbons (Fsp3) is 0.500. The molecule has 1 unspecified atom stereocenters. The molecule has 1 fully saturated rings. The zero-order valence-corrected chi connectivity index (χ0v) is 12.0. The molecule has 0 bridgehead atoms. The first-order chi connectivity index (χ1) is 9.15. The third-order valence-electron chi connectivity index (χ3n) is 3.71. The summed E-state index contributed by atoms with van der Waals surface area (Å²) in [5.74, 6) is 0.780. The second-order valence-corrected chi connectivity index (χ2v) is 5.52. The van der Waals surface area contributed by atoms with Crippen LogP contribution >= 0.6 is 11.6 Å². The van der Waals surface area contributed by atoms with Crippen molar-refractivity contribution in [2.24, 2.45) is 0 Å². The van der Waals surface area contributed by atoms with Crippen molar-refractivity contribution in [2.45, 2.75) is 19.9 Å². The molecule has 0 saturated carbocycles. The van der Waals surface area contributed by atoms with Crippen molar-refractivity contribution in [3.05, 3.63) is 28.6 Å². The number of rotatable bonds is 2. The topological polar surface area (TPSA) is 41.3 Å². The van der Waals surface area contributed by atoms with Crippen molar-refractivity contribution in [2.75, 3.05) is 26.2 Å². The number of hydrogen-bond acceptors (Lipinski definition) is 4. The molecule has 0 spiro atoms. The number of oxazole rings is 1. The Balaban J connectivity index is 1.94. The predicted molar refractivity (Wildman–Crippen MR) is 76.6 cm³/mol. The monoisotopic (exact) mass is 279 g/mol. The highest BCUT2D eigenvalue weighted by atomic mass is 35.5. The lowest BCUT2D eigenvalue weighted by Crippen LogP contribution is -2.44. The molecule has 1 aromatic heterocycles. The van der Waals surface area contributed by atoms with Gasteiger partial charge < -0.3 is 9.73 Å². The van der Waals surface area contributed by atoms with Crippen molar-refractivity contribution in [1.82, 2.24) is 15.2 Å². The van der Waals surface area contributed by atoms with E-state index in [1.807, 2.05) is 19.1 Å². The number of fused-ring (bicyclic) bond motifs is 1. The Morgan fingerprint density at radius 3 is 2.84 bits per heavy atom. The molecule has 0 amide bonds. The number of hydrogen-bond donors (Lipinski definition) is 1. The van der Waals surface area contributed by atoms with E-state index >= 15 is 0 Å². The Morgan fingerprint density at radius 1 is 1.37 bits per heavy atom. The summed E-state index contributed by atoms with van der Waals surface area (Å²) in [6.07, 6.45) is 0. The number of aryl methyl sites for hydroxylation is 1. The van der Waals surface area contributed by atoms with E-state index in [-0.39, 0.29) is 6.04 Å². The number of aromatic nitrogens is 1. The van der Waals surface area contributed by atoms with Crippen LogP contribution in [0, 0.1) is 6.92 Å². The summed E-state index contributed by atoms with van der Waals surface area (Å²) in [5, 5.41) is 4.06. The molecule has 1 N–H and O–H groups in total. The summed E-state index contributed by atoms with van der Waals surface area (Å²) in [6, 6.07) is 3.98. The van der Waals surface area contributed by atoms with E-state index in [4.69, 9.17) is 16.0 Å². The zero-order valence-electron chi connectivity index (χ0n) is 11.2. The van der Waals surface area contributed by atoms with Gasteiger partial charge in [-0.2, -0.15) is 0 Å². The van der Waals surface area contributed by atoms with Gasteiger partial charge in [-0.25, -0.2) is 4.98 Å². The molecule has 1 aliphatic heterocycles. The second-order valence-electron chi connectivity index (χ2n) is 5.08. The first kappa shape index (κ1) is 12.9. The summed E-state index contributed by atoms with van der Waals surface area (Å²) in [4.78, 5) is 6.98. The van der Waals surface area contributed by atoms with Crippen molar-refractivity contribution < 1.29 is 4.42 Å². The fourth-order valence-corrected chi connectivity index (χ4v) is 2.85. The lowest BCUT2D eigenvalue weighted by atomic mass is 10.2. The van der Waals surface area contributed by atoms with Gasteiger partial charge in [0.05, 0.1) is 6.04 Å². The number of nitrogens with zero attached hydrogens (tertiary/aromatic N) is 2. The minimum absolute atomic E-state index is 0.202. The van der Waals surface area contributed by atoms with E-state index in [9.17, 15) is 0 Å². The van der Waals surface area contributed by atoms with Crippen LogP contribution in [0.3, 0.4) is 0 Å². The van der Waals surface area contributed by atoms with E-state index in [1.165, 1.54) is 0 Å². The molecule has 19 heavy (non-hydrogen) atoms. The van der Waals surface area contributed by atoms with Gasteiger partial charge in [-0.05, 0) is 31.5 Å². The largest absolute Gasteiger partial charge is 0.439 e. The Kier molecular flexibility index (Phi) is 3.48. The summed E-state index contributed by atoms with van der Waals surface area (Å²) in [7, 11) is 0. The van der Waals surface area contributed by atoms with Crippen LogP contribution in [-0.4, -0.2) is 36.1 Å². The Hall–Kier alpha value is -1.10. The third-order valence-corrected chi connectivity index (χ3v) is 3.93. The minimum Gasteiger partial charge on any atom is -0.439 e. The predicted octanol–water partition coefficient (Wildman–Crippen LogP) is 2.76. The van der Waals surface area contributed by atoms with Crippen molar-refractivity contribution in [3.63, 3.8) is 0 Å². The van der Waals surface area contributed by atoms with Crippen LogP contribution in [0.15, 0.2) is 16.5 Å². The number of piperazine rings is 1. The quantitative estimate of drug-likeness (QED) is 0.918.